The Morgan fingerprint density at radius 1 is 0.743 bits per heavy atom. The monoisotopic (exact) mass is 464 g/mol. The molecule has 4 aromatic rings. The molecule has 0 saturated heterocycles. The van der Waals surface area contributed by atoms with Crippen molar-refractivity contribution >= 4 is 12.2 Å². The summed E-state index contributed by atoms with van der Waals surface area (Å²) in [5.74, 6) is 1.33. The molecule has 35 heavy (non-hydrogen) atoms. The first kappa shape index (κ1) is 24.1. The lowest BCUT2D eigenvalue weighted by Gasteiger charge is -2.08. The van der Waals surface area contributed by atoms with E-state index in [1.165, 1.54) is 25.7 Å². The van der Waals surface area contributed by atoms with E-state index in [2.05, 4.69) is 27.4 Å². The van der Waals surface area contributed by atoms with Crippen LogP contribution < -0.4 is 10.2 Å². The van der Waals surface area contributed by atoms with E-state index in [0.29, 0.717) is 5.95 Å². The Morgan fingerprint density at radius 3 is 1.94 bits per heavy atom. The largest absolute Gasteiger partial charge is 0.494 e. The van der Waals surface area contributed by atoms with Crippen molar-refractivity contribution in [2.75, 3.05) is 12.0 Å². The molecule has 3 aromatic carbocycles. The van der Waals surface area contributed by atoms with Crippen molar-refractivity contribution in [1.82, 2.24) is 9.97 Å². The molecule has 0 bridgehead atoms. The summed E-state index contributed by atoms with van der Waals surface area (Å²) in [6.45, 7) is 2.99. The quantitative estimate of drug-likeness (QED) is 0.133. The third-order valence-corrected chi connectivity index (χ3v) is 5.64. The minimum absolute atomic E-state index is 0.449. The Bertz CT molecular complexity index is 1130. The van der Waals surface area contributed by atoms with Crippen LogP contribution in [-0.4, -0.2) is 22.8 Å². The van der Waals surface area contributed by atoms with Crippen molar-refractivity contribution in [3.05, 3.63) is 96.6 Å². The molecule has 1 heterocycles. The summed E-state index contributed by atoms with van der Waals surface area (Å²) in [6.07, 6.45) is 7.93. The maximum atomic E-state index is 5.85. The van der Waals surface area contributed by atoms with Crippen LogP contribution >= 0.6 is 0 Å². The van der Waals surface area contributed by atoms with Gasteiger partial charge in [0.2, 0.25) is 5.95 Å². The average molecular weight is 465 g/mol. The molecule has 5 heteroatoms. The second kappa shape index (κ2) is 13.0. The maximum Gasteiger partial charge on any atom is 0.244 e. The van der Waals surface area contributed by atoms with Crippen LogP contribution in [0.25, 0.3) is 22.5 Å². The minimum atomic E-state index is 0.449. The van der Waals surface area contributed by atoms with E-state index in [1.807, 2.05) is 91.0 Å². The van der Waals surface area contributed by atoms with Crippen LogP contribution in [0.3, 0.4) is 0 Å². The number of ether oxygens (including phenoxy) is 1. The highest BCUT2D eigenvalue weighted by Gasteiger charge is 2.08. The van der Waals surface area contributed by atoms with E-state index in [-0.39, 0.29) is 0 Å². The summed E-state index contributed by atoms with van der Waals surface area (Å²) >= 11 is 0. The van der Waals surface area contributed by atoms with Crippen molar-refractivity contribution in [3.63, 3.8) is 0 Å². The van der Waals surface area contributed by atoms with E-state index >= 15 is 0 Å². The Labute approximate surface area is 207 Å². The molecule has 0 aliphatic heterocycles. The maximum absolute atomic E-state index is 5.85. The number of anilines is 1. The van der Waals surface area contributed by atoms with Crippen LogP contribution in [0.2, 0.25) is 0 Å². The van der Waals surface area contributed by atoms with Crippen molar-refractivity contribution in [2.45, 2.75) is 39.0 Å². The Balaban J connectivity index is 1.41. The van der Waals surface area contributed by atoms with E-state index in [4.69, 9.17) is 4.74 Å². The molecule has 178 valence electrons. The smallest absolute Gasteiger partial charge is 0.244 e. The van der Waals surface area contributed by atoms with Gasteiger partial charge >= 0.3 is 0 Å². The lowest BCUT2D eigenvalue weighted by Crippen LogP contribution is -2.00. The lowest BCUT2D eigenvalue weighted by molar-refractivity contribution is 0.304. The molecule has 1 N–H and O–H groups in total. The molecule has 0 atom stereocenters. The van der Waals surface area contributed by atoms with Crippen LogP contribution in [0.15, 0.2) is 96.1 Å². The normalized spacial score (nSPS) is 11.0. The number of rotatable bonds is 12. The molecule has 5 nitrogen and oxygen atoms in total. The molecular weight excluding hydrogens is 432 g/mol. The van der Waals surface area contributed by atoms with Gasteiger partial charge in [-0.15, -0.1) is 0 Å². The highest BCUT2D eigenvalue weighted by Crippen LogP contribution is 2.25. The van der Waals surface area contributed by atoms with Crippen molar-refractivity contribution < 1.29 is 4.74 Å². The van der Waals surface area contributed by atoms with Crippen LogP contribution in [-0.2, 0) is 0 Å². The summed E-state index contributed by atoms with van der Waals surface area (Å²) in [5, 5.41) is 4.37. The zero-order valence-corrected chi connectivity index (χ0v) is 20.2. The van der Waals surface area contributed by atoms with Gasteiger partial charge in [-0.05, 0) is 42.3 Å². The average Bonchev–Trinajstić information content (AvgIpc) is 2.92. The van der Waals surface area contributed by atoms with Gasteiger partial charge in [0.1, 0.15) is 5.75 Å². The molecule has 0 aliphatic carbocycles. The fourth-order valence-electron chi connectivity index (χ4n) is 3.72. The van der Waals surface area contributed by atoms with Gasteiger partial charge in [-0.1, -0.05) is 93.3 Å². The van der Waals surface area contributed by atoms with Gasteiger partial charge in [-0.3, -0.25) is 0 Å². The minimum Gasteiger partial charge on any atom is -0.494 e. The van der Waals surface area contributed by atoms with Gasteiger partial charge in [0, 0.05) is 11.1 Å². The van der Waals surface area contributed by atoms with Gasteiger partial charge in [-0.25, -0.2) is 15.4 Å². The van der Waals surface area contributed by atoms with Crippen LogP contribution in [0.4, 0.5) is 5.95 Å². The number of hydrogen-bond donors (Lipinski definition) is 1. The second-order valence-corrected chi connectivity index (χ2v) is 8.40. The molecule has 0 aliphatic rings. The number of unbranched alkanes of at least 4 members (excludes halogenated alkanes) is 4. The van der Waals surface area contributed by atoms with Gasteiger partial charge in [0.25, 0.3) is 0 Å². The molecule has 4 rings (SSSR count). The first-order chi connectivity index (χ1) is 17.3. The zero-order chi connectivity index (χ0) is 24.1. The topological polar surface area (TPSA) is 59.4 Å². The predicted molar refractivity (Wildman–Crippen MR) is 145 cm³/mol. The summed E-state index contributed by atoms with van der Waals surface area (Å²) in [5.41, 5.74) is 7.71. The predicted octanol–water partition coefficient (Wildman–Crippen LogP) is 7.61. The molecule has 0 fully saturated rings. The summed E-state index contributed by atoms with van der Waals surface area (Å²) < 4.78 is 5.85. The molecule has 0 spiro atoms. The van der Waals surface area contributed by atoms with Crippen LogP contribution in [0.1, 0.15) is 44.6 Å². The van der Waals surface area contributed by atoms with E-state index in [0.717, 1.165) is 46.9 Å². The third kappa shape index (κ3) is 7.51. The number of benzene rings is 3. The summed E-state index contributed by atoms with van der Waals surface area (Å²) in [7, 11) is 0. The van der Waals surface area contributed by atoms with Gasteiger partial charge in [0.05, 0.1) is 24.2 Å². The first-order valence-corrected chi connectivity index (χ1v) is 12.3. The number of nitrogens with zero attached hydrogens (tertiary/aromatic N) is 3. The SMILES string of the molecule is CCCCCCCOc1ccc(/C=N/Nc2nc(-c3ccccc3)cc(-c3ccccc3)n2)cc1. The van der Waals surface area contributed by atoms with Gasteiger partial charge in [0.15, 0.2) is 0 Å². The number of hydrazone groups is 1. The molecule has 0 amide bonds. The second-order valence-electron chi connectivity index (χ2n) is 8.40. The third-order valence-electron chi connectivity index (χ3n) is 5.64. The summed E-state index contributed by atoms with van der Waals surface area (Å²) in [6, 6.07) is 30.1. The first-order valence-electron chi connectivity index (χ1n) is 12.3. The zero-order valence-electron chi connectivity index (χ0n) is 20.2. The van der Waals surface area contributed by atoms with E-state index in [1.54, 1.807) is 6.21 Å². The molecule has 1 aromatic heterocycles. The molecule has 0 unspecified atom stereocenters. The number of nitrogens with one attached hydrogen (secondary N) is 1. The van der Waals surface area contributed by atoms with Crippen molar-refractivity contribution in [3.8, 4) is 28.3 Å². The van der Waals surface area contributed by atoms with Crippen molar-refractivity contribution in [1.29, 1.82) is 0 Å². The van der Waals surface area contributed by atoms with Crippen LogP contribution in [0, 0.1) is 0 Å². The summed E-state index contributed by atoms with van der Waals surface area (Å²) in [4.78, 5) is 9.36. The standard InChI is InChI=1S/C30H32N4O/c1-2-3-4-5-12-21-35-27-19-17-24(18-20-27)23-31-34-30-32-28(25-13-8-6-9-14-25)22-29(33-30)26-15-10-7-11-16-26/h6-11,13-20,22-23H,2-5,12,21H2,1H3,(H,32,33,34)/b31-23+. The Morgan fingerprint density at radius 2 is 1.34 bits per heavy atom. The number of hydrogen-bond acceptors (Lipinski definition) is 5. The van der Waals surface area contributed by atoms with E-state index in [9.17, 15) is 0 Å². The Hall–Kier alpha value is -3.99. The molecular formula is C30H32N4O. The highest BCUT2D eigenvalue weighted by atomic mass is 16.5. The fraction of sp³-hybridized carbons (Fsp3) is 0.233. The lowest BCUT2D eigenvalue weighted by atomic mass is 10.1. The van der Waals surface area contributed by atoms with Gasteiger partial charge in [-0.2, -0.15) is 5.10 Å². The Kier molecular flexibility index (Phi) is 9.00. The molecule has 0 saturated carbocycles. The number of aromatic nitrogens is 2. The van der Waals surface area contributed by atoms with Crippen molar-refractivity contribution in [2.24, 2.45) is 5.10 Å². The fourth-order valence-corrected chi connectivity index (χ4v) is 3.72. The molecule has 0 radical (unpaired) electrons. The van der Waals surface area contributed by atoms with E-state index < -0.39 is 0 Å². The highest BCUT2D eigenvalue weighted by molar-refractivity contribution is 5.80. The van der Waals surface area contributed by atoms with Crippen LogP contribution in [0.5, 0.6) is 5.75 Å². The van der Waals surface area contributed by atoms with Gasteiger partial charge < -0.3 is 4.74 Å².